The minimum absolute atomic E-state index is 0.0292. The van der Waals surface area contributed by atoms with Gasteiger partial charge in [-0.2, -0.15) is 4.31 Å². The lowest BCUT2D eigenvalue weighted by Gasteiger charge is -2.34. The topological polar surface area (TPSA) is 85.4 Å². The Bertz CT molecular complexity index is 1110. The summed E-state index contributed by atoms with van der Waals surface area (Å²) in [7, 11) is -4.17. The molecule has 34 heavy (non-hydrogen) atoms. The molecule has 0 spiro atoms. The number of nitrogens with zero attached hydrogens (tertiary/aromatic N) is 2. The largest absolute Gasteiger partial charge is 0.490 e. The normalized spacial score (nSPS) is 14.7. The van der Waals surface area contributed by atoms with Gasteiger partial charge in [0, 0.05) is 37.8 Å². The summed E-state index contributed by atoms with van der Waals surface area (Å²) in [6.07, 6.45) is 0. The first-order chi connectivity index (χ1) is 16.2. The molecule has 2 aromatic carbocycles. The molecule has 0 unspecified atom stereocenters. The van der Waals surface area contributed by atoms with Gasteiger partial charge in [-0.1, -0.05) is 0 Å². The second-order valence-corrected chi connectivity index (χ2v) is 9.28. The summed E-state index contributed by atoms with van der Waals surface area (Å²) in [4.78, 5) is 14.1. The maximum absolute atomic E-state index is 14.1. The fourth-order valence-electron chi connectivity index (χ4n) is 3.65. The summed E-state index contributed by atoms with van der Waals surface area (Å²) in [5, 5.41) is 0. The number of amides is 1. The monoisotopic (exact) mass is 498 g/mol. The average Bonchev–Trinajstić information content (AvgIpc) is 2.80. The number of carbonyl (C=O) groups is 1. The van der Waals surface area contributed by atoms with Crippen molar-refractivity contribution in [2.75, 3.05) is 46.0 Å². The van der Waals surface area contributed by atoms with Crippen molar-refractivity contribution < 1.29 is 36.2 Å². The summed E-state index contributed by atoms with van der Waals surface area (Å²) >= 11 is 0. The Labute approximate surface area is 198 Å². The molecule has 0 N–H and O–H groups in total. The molecule has 1 amide bonds. The molecule has 3 rings (SSSR count). The van der Waals surface area contributed by atoms with Crippen LogP contribution in [0.2, 0.25) is 0 Å². The highest BCUT2D eigenvalue weighted by atomic mass is 32.2. The van der Waals surface area contributed by atoms with Gasteiger partial charge in [0.2, 0.25) is 15.8 Å². The molecule has 0 saturated carbocycles. The fourth-order valence-corrected chi connectivity index (χ4v) is 5.12. The molecule has 0 aromatic heterocycles. The third-order valence-electron chi connectivity index (χ3n) is 5.19. The van der Waals surface area contributed by atoms with Gasteiger partial charge in [-0.15, -0.1) is 0 Å². The minimum atomic E-state index is -4.17. The number of ether oxygens (including phenoxy) is 3. The number of benzene rings is 2. The van der Waals surface area contributed by atoms with Gasteiger partial charge < -0.3 is 19.1 Å². The Morgan fingerprint density at radius 2 is 1.44 bits per heavy atom. The number of piperazine rings is 1. The van der Waals surface area contributed by atoms with Crippen LogP contribution in [0.3, 0.4) is 0 Å². The molecule has 1 fully saturated rings. The zero-order valence-electron chi connectivity index (χ0n) is 19.3. The quantitative estimate of drug-likeness (QED) is 0.528. The molecule has 0 bridgehead atoms. The van der Waals surface area contributed by atoms with Crippen molar-refractivity contribution in [1.29, 1.82) is 0 Å². The lowest BCUT2D eigenvalue weighted by atomic mass is 10.1. The van der Waals surface area contributed by atoms with E-state index in [0.717, 1.165) is 16.4 Å². The number of rotatable bonds is 9. The third kappa shape index (κ3) is 5.41. The average molecular weight is 499 g/mol. The van der Waals surface area contributed by atoms with Crippen molar-refractivity contribution in [3.8, 4) is 17.2 Å². The highest BCUT2D eigenvalue weighted by Gasteiger charge is 2.33. The van der Waals surface area contributed by atoms with E-state index in [1.807, 2.05) is 20.8 Å². The van der Waals surface area contributed by atoms with E-state index in [9.17, 15) is 22.0 Å². The van der Waals surface area contributed by atoms with E-state index in [1.165, 1.54) is 4.90 Å². The van der Waals surface area contributed by atoms with Gasteiger partial charge in [-0.05, 0) is 45.0 Å². The molecular weight excluding hydrogens is 470 g/mol. The van der Waals surface area contributed by atoms with Crippen LogP contribution < -0.4 is 14.2 Å². The van der Waals surface area contributed by atoms with Crippen molar-refractivity contribution in [3.63, 3.8) is 0 Å². The van der Waals surface area contributed by atoms with E-state index >= 15 is 0 Å². The first-order valence-electron chi connectivity index (χ1n) is 11.0. The van der Waals surface area contributed by atoms with E-state index in [4.69, 9.17) is 14.2 Å². The minimum Gasteiger partial charge on any atom is -0.490 e. The van der Waals surface area contributed by atoms with Crippen LogP contribution in [0.1, 0.15) is 31.1 Å². The predicted octanol–water partition coefficient (Wildman–Crippen LogP) is 3.31. The van der Waals surface area contributed by atoms with Crippen molar-refractivity contribution >= 4 is 15.9 Å². The molecule has 1 heterocycles. The van der Waals surface area contributed by atoms with Gasteiger partial charge in [-0.3, -0.25) is 4.79 Å². The van der Waals surface area contributed by atoms with Gasteiger partial charge in [-0.25, -0.2) is 17.2 Å². The fraction of sp³-hybridized carbons (Fsp3) is 0.435. The molecule has 8 nitrogen and oxygen atoms in total. The summed E-state index contributed by atoms with van der Waals surface area (Å²) < 4.78 is 70.9. The molecule has 0 atom stereocenters. The number of hydrogen-bond donors (Lipinski definition) is 0. The maximum Gasteiger partial charge on any atom is 0.254 e. The zero-order valence-corrected chi connectivity index (χ0v) is 20.2. The van der Waals surface area contributed by atoms with Gasteiger partial charge >= 0.3 is 0 Å². The number of hydrogen-bond acceptors (Lipinski definition) is 6. The molecule has 186 valence electrons. The summed E-state index contributed by atoms with van der Waals surface area (Å²) in [6.45, 7) is 6.71. The van der Waals surface area contributed by atoms with Crippen LogP contribution in [-0.4, -0.2) is 69.5 Å². The molecule has 1 saturated heterocycles. The van der Waals surface area contributed by atoms with Gasteiger partial charge in [0.1, 0.15) is 16.5 Å². The number of carbonyl (C=O) groups excluding carboxylic acids is 1. The molecule has 0 aliphatic carbocycles. The Hall–Kier alpha value is -2.92. The smallest absolute Gasteiger partial charge is 0.254 e. The Morgan fingerprint density at radius 1 is 0.882 bits per heavy atom. The van der Waals surface area contributed by atoms with Crippen LogP contribution in [0.5, 0.6) is 17.2 Å². The van der Waals surface area contributed by atoms with E-state index < -0.39 is 26.6 Å². The Morgan fingerprint density at radius 3 is 1.94 bits per heavy atom. The highest BCUT2D eigenvalue weighted by molar-refractivity contribution is 7.89. The molecule has 11 heteroatoms. The summed E-state index contributed by atoms with van der Waals surface area (Å²) in [5.74, 6) is -1.16. The Kier molecular flexibility index (Phi) is 8.32. The first kappa shape index (κ1) is 25.7. The molecule has 1 aliphatic heterocycles. The third-order valence-corrected chi connectivity index (χ3v) is 7.13. The highest BCUT2D eigenvalue weighted by Crippen LogP contribution is 2.39. The lowest BCUT2D eigenvalue weighted by Crippen LogP contribution is -2.50. The SMILES string of the molecule is CCOc1cc(C(=O)N2CCN(S(=O)(=O)c3ccc(F)cc3F)CC2)cc(OCC)c1OCC. The lowest BCUT2D eigenvalue weighted by molar-refractivity contribution is 0.0696. The van der Waals surface area contributed by atoms with Crippen LogP contribution in [0, 0.1) is 11.6 Å². The van der Waals surface area contributed by atoms with Crippen LogP contribution >= 0.6 is 0 Å². The van der Waals surface area contributed by atoms with Crippen LogP contribution in [0.25, 0.3) is 0 Å². The van der Waals surface area contributed by atoms with Crippen LogP contribution in [-0.2, 0) is 10.0 Å². The second kappa shape index (κ2) is 11.0. The number of halogens is 2. The molecule has 1 aliphatic rings. The standard InChI is InChI=1S/C23H28F2N2O6S/c1-4-31-19-13-16(14-20(32-5-2)22(19)33-6-3)23(28)26-9-11-27(12-10-26)34(29,30)21-8-7-17(24)15-18(21)25/h7-8,13-15H,4-6,9-12H2,1-3H3. The summed E-state index contributed by atoms with van der Waals surface area (Å²) in [6, 6.07) is 5.49. The maximum atomic E-state index is 14.1. The predicted molar refractivity (Wildman–Crippen MR) is 121 cm³/mol. The van der Waals surface area contributed by atoms with Crippen molar-refractivity contribution in [2.45, 2.75) is 25.7 Å². The second-order valence-electron chi connectivity index (χ2n) is 7.37. The van der Waals surface area contributed by atoms with E-state index in [1.54, 1.807) is 12.1 Å². The van der Waals surface area contributed by atoms with Crippen LogP contribution in [0.15, 0.2) is 35.2 Å². The van der Waals surface area contributed by atoms with Gasteiger partial charge in [0.05, 0.1) is 19.8 Å². The molecule has 2 aromatic rings. The molecule has 0 radical (unpaired) electrons. The van der Waals surface area contributed by atoms with Crippen molar-refractivity contribution in [2.24, 2.45) is 0 Å². The van der Waals surface area contributed by atoms with Crippen molar-refractivity contribution in [3.05, 3.63) is 47.5 Å². The van der Waals surface area contributed by atoms with Crippen molar-refractivity contribution in [1.82, 2.24) is 9.21 Å². The number of sulfonamides is 1. The van der Waals surface area contributed by atoms with E-state index in [2.05, 4.69) is 0 Å². The molecular formula is C23H28F2N2O6S. The van der Waals surface area contributed by atoms with E-state index in [0.29, 0.717) is 48.7 Å². The first-order valence-corrected chi connectivity index (χ1v) is 12.5. The zero-order chi connectivity index (χ0) is 24.9. The van der Waals surface area contributed by atoms with E-state index in [-0.39, 0.29) is 32.1 Å². The van der Waals surface area contributed by atoms with Gasteiger partial charge in [0.15, 0.2) is 11.5 Å². The Balaban J connectivity index is 1.79. The van der Waals surface area contributed by atoms with Gasteiger partial charge in [0.25, 0.3) is 5.91 Å². The summed E-state index contributed by atoms with van der Waals surface area (Å²) in [5.41, 5.74) is 0.316. The van der Waals surface area contributed by atoms with Crippen LogP contribution in [0.4, 0.5) is 8.78 Å².